The Morgan fingerprint density at radius 3 is 2.92 bits per heavy atom. The number of halogens is 1. The molecule has 0 unspecified atom stereocenters. The summed E-state index contributed by atoms with van der Waals surface area (Å²) in [6, 6.07) is 0. The Morgan fingerprint density at radius 2 is 2.31 bits per heavy atom. The molecule has 72 valence electrons. The molecule has 2 nitrogen and oxygen atoms in total. The quantitative estimate of drug-likeness (QED) is 0.400. The maximum Gasteiger partial charge on any atom is 0.244 e. The van der Waals surface area contributed by atoms with Crippen molar-refractivity contribution in [2.45, 2.75) is 32.9 Å². The highest BCUT2D eigenvalue weighted by Gasteiger charge is 1.99. The molecular weight excluding hydrogens is 184 g/mol. The van der Waals surface area contributed by atoms with Crippen LogP contribution in [0.25, 0.3) is 0 Å². The Hall–Kier alpha value is -0.940. The predicted octanol–water partition coefficient (Wildman–Crippen LogP) is -1.79. The van der Waals surface area contributed by atoms with Crippen molar-refractivity contribution >= 4 is 0 Å². The van der Waals surface area contributed by atoms with Gasteiger partial charge in [-0.1, -0.05) is 19.3 Å². The summed E-state index contributed by atoms with van der Waals surface area (Å²) in [4.78, 5) is 0. The average molecular weight is 199 g/mol. The first-order chi connectivity index (χ1) is 5.86. The number of hydrogen-bond donors (Lipinski definition) is 0. The maximum absolute atomic E-state index is 5.19. The van der Waals surface area contributed by atoms with Gasteiger partial charge in [-0.25, -0.2) is 9.13 Å². The lowest BCUT2D eigenvalue weighted by molar-refractivity contribution is -0.684. The number of hydrogen-bond acceptors (Lipinski definition) is 0. The van der Waals surface area contributed by atoms with Crippen molar-refractivity contribution in [3.8, 4) is 12.3 Å². The second-order valence-corrected chi connectivity index (χ2v) is 2.88. The zero-order chi connectivity index (χ0) is 8.81. The minimum atomic E-state index is 0. The maximum atomic E-state index is 5.19. The second-order valence-electron chi connectivity index (χ2n) is 2.88. The standard InChI is InChI=1S/C10H15N2.ClH/c1-3-5-7-12-9-8-11(10-12)6-4-2;/h2,8-10H,3,5-7H2,1H3;1H/q+1;/p-1. The number of imidazole rings is 1. The summed E-state index contributed by atoms with van der Waals surface area (Å²) in [5, 5.41) is 0. The van der Waals surface area contributed by atoms with Crippen molar-refractivity contribution < 1.29 is 17.0 Å². The van der Waals surface area contributed by atoms with Gasteiger partial charge >= 0.3 is 0 Å². The van der Waals surface area contributed by atoms with Gasteiger partial charge < -0.3 is 12.4 Å². The van der Waals surface area contributed by atoms with Gasteiger partial charge in [-0.15, -0.1) is 6.42 Å². The van der Waals surface area contributed by atoms with Crippen LogP contribution >= 0.6 is 0 Å². The van der Waals surface area contributed by atoms with Gasteiger partial charge in [0.1, 0.15) is 12.4 Å². The molecule has 0 aliphatic heterocycles. The van der Waals surface area contributed by atoms with E-state index in [0.29, 0.717) is 6.54 Å². The number of nitrogens with zero attached hydrogens (tertiary/aromatic N) is 2. The van der Waals surface area contributed by atoms with E-state index < -0.39 is 0 Å². The molecule has 0 fully saturated rings. The molecule has 0 saturated heterocycles. The van der Waals surface area contributed by atoms with Crippen LogP contribution in [0.3, 0.4) is 0 Å². The van der Waals surface area contributed by atoms with E-state index in [0.717, 1.165) is 6.54 Å². The minimum Gasteiger partial charge on any atom is -1.00 e. The molecule has 0 aliphatic carbocycles. The van der Waals surface area contributed by atoms with Crippen LogP contribution in [0, 0.1) is 12.3 Å². The second kappa shape index (κ2) is 6.56. The summed E-state index contributed by atoms with van der Waals surface area (Å²) in [6.07, 6.45) is 13.8. The van der Waals surface area contributed by atoms with Gasteiger partial charge in [0.15, 0.2) is 6.54 Å². The smallest absolute Gasteiger partial charge is 0.244 e. The number of aromatic nitrogens is 2. The molecule has 13 heavy (non-hydrogen) atoms. The molecule has 1 aromatic heterocycles. The first-order valence-electron chi connectivity index (χ1n) is 4.35. The van der Waals surface area contributed by atoms with E-state index >= 15 is 0 Å². The molecule has 1 rings (SSSR count). The van der Waals surface area contributed by atoms with Crippen molar-refractivity contribution in [3.05, 3.63) is 18.7 Å². The normalized spacial score (nSPS) is 8.92. The van der Waals surface area contributed by atoms with Gasteiger partial charge in [-0.05, 0) is 6.42 Å². The minimum absolute atomic E-state index is 0. The molecule has 1 heterocycles. The fraction of sp³-hybridized carbons (Fsp3) is 0.500. The van der Waals surface area contributed by atoms with E-state index in [2.05, 4.69) is 29.9 Å². The highest BCUT2D eigenvalue weighted by molar-refractivity contribution is 4.78. The third-order valence-corrected chi connectivity index (χ3v) is 1.79. The van der Waals surface area contributed by atoms with Gasteiger partial charge in [0, 0.05) is 0 Å². The van der Waals surface area contributed by atoms with Crippen LogP contribution in [0.4, 0.5) is 0 Å². The van der Waals surface area contributed by atoms with Crippen molar-refractivity contribution in [2.24, 2.45) is 0 Å². The molecule has 3 heteroatoms. The van der Waals surface area contributed by atoms with Crippen LogP contribution in [0.1, 0.15) is 19.8 Å². The number of aryl methyl sites for hydroxylation is 1. The Kier molecular flexibility index (Phi) is 6.09. The average Bonchev–Trinajstić information content (AvgIpc) is 2.50. The Morgan fingerprint density at radius 1 is 1.54 bits per heavy atom. The Balaban J connectivity index is 0.00000144. The molecule has 0 aliphatic rings. The molecule has 1 aromatic rings. The first kappa shape index (κ1) is 12.1. The number of unbranched alkanes of at least 4 members (excludes halogenated alkanes) is 1. The lowest BCUT2D eigenvalue weighted by atomic mass is 10.3. The fourth-order valence-electron chi connectivity index (χ4n) is 1.11. The van der Waals surface area contributed by atoms with E-state index in [-0.39, 0.29) is 12.4 Å². The van der Waals surface area contributed by atoms with Crippen molar-refractivity contribution in [2.75, 3.05) is 0 Å². The topological polar surface area (TPSA) is 8.81 Å². The van der Waals surface area contributed by atoms with Gasteiger partial charge in [-0.3, -0.25) is 0 Å². The first-order valence-corrected chi connectivity index (χ1v) is 4.35. The Bertz CT molecular complexity index is 273. The monoisotopic (exact) mass is 198 g/mol. The van der Waals surface area contributed by atoms with Crippen LogP contribution in [0.15, 0.2) is 18.7 Å². The molecule has 0 N–H and O–H groups in total. The highest BCUT2D eigenvalue weighted by atomic mass is 35.5. The van der Waals surface area contributed by atoms with Gasteiger partial charge in [0.05, 0.1) is 6.54 Å². The molecule has 0 radical (unpaired) electrons. The molecular formula is C10H15ClN2. The number of terminal acetylenes is 1. The van der Waals surface area contributed by atoms with Crippen molar-refractivity contribution in [1.29, 1.82) is 0 Å². The summed E-state index contributed by atoms with van der Waals surface area (Å²) >= 11 is 0. The number of rotatable bonds is 4. The summed E-state index contributed by atoms with van der Waals surface area (Å²) < 4.78 is 4.18. The fourth-order valence-corrected chi connectivity index (χ4v) is 1.11. The van der Waals surface area contributed by atoms with E-state index in [1.807, 2.05) is 10.8 Å². The summed E-state index contributed by atoms with van der Waals surface area (Å²) in [5.74, 6) is 2.60. The third kappa shape index (κ3) is 4.00. The lowest BCUT2D eigenvalue weighted by Crippen LogP contribution is -3.00. The van der Waals surface area contributed by atoms with Crippen LogP contribution < -0.4 is 17.0 Å². The van der Waals surface area contributed by atoms with E-state index in [1.54, 1.807) is 0 Å². The third-order valence-electron chi connectivity index (χ3n) is 1.79. The molecule has 0 bridgehead atoms. The SMILES string of the molecule is C#CC[n+]1ccn(CCCC)c1.[Cl-]. The highest BCUT2D eigenvalue weighted by Crippen LogP contribution is 1.92. The van der Waals surface area contributed by atoms with E-state index in [4.69, 9.17) is 6.42 Å². The van der Waals surface area contributed by atoms with E-state index in [1.165, 1.54) is 12.8 Å². The summed E-state index contributed by atoms with van der Waals surface area (Å²) in [6.45, 7) is 3.95. The van der Waals surface area contributed by atoms with Crippen LogP contribution in [-0.4, -0.2) is 4.57 Å². The van der Waals surface area contributed by atoms with Gasteiger partial charge in [0.2, 0.25) is 6.33 Å². The van der Waals surface area contributed by atoms with Gasteiger partial charge in [0.25, 0.3) is 0 Å². The zero-order valence-electron chi connectivity index (χ0n) is 7.91. The van der Waals surface area contributed by atoms with Crippen LogP contribution in [0.2, 0.25) is 0 Å². The van der Waals surface area contributed by atoms with Crippen molar-refractivity contribution in [3.63, 3.8) is 0 Å². The van der Waals surface area contributed by atoms with Crippen LogP contribution in [-0.2, 0) is 13.1 Å². The lowest BCUT2D eigenvalue weighted by Gasteiger charge is -1.91. The molecule has 0 saturated carbocycles. The van der Waals surface area contributed by atoms with Gasteiger partial charge in [-0.2, -0.15) is 0 Å². The summed E-state index contributed by atoms with van der Waals surface area (Å²) in [5.41, 5.74) is 0. The molecule has 0 aromatic carbocycles. The Labute approximate surface area is 86.0 Å². The van der Waals surface area contributed by atoms with E-state index in [9.17, 15) is 0 Å². The molecule has 0 amide bonds. The molecule has 0 atom stereocenters. The van der Waals surface area contributed by atoms with Crippen LogP contribution in [0.5, 0.6) is 0 Å². The van der Waals surface area contributed by atoms with Crippen molar-refractivity contribution in [1.82, 2.24) is 4.57 Å². The summed E-state index contributed by atoms with van der Waals surface area (Å²) in [7, 11) is 0. The molecule has 0 spiro atoms. The largest absolute Gasteiger partial charge is 1.00 e. The zero-order valence-corrected chi connectivity index (χ0v) is 8.67. The predicted molar refractivity (Wildman–Crippen MR) is 48.4 cm³/mol.